The molecule has 1 aliphatic heterocycles. The second-order valence-corrected chi connectivity index (χ2v) is 7.11. The Balaban J connectivity index is 1.69. The van der Waals surface area contributed by atoms with Crippen molar-refractivity contribution >= 4 is 23.5 Å². The van der Waals surface area contributed by atoms with Crippen LogP contribution in [0.2, 0.25) is 0 Å². The number of esters is 1. The van der Waals surface area contributed by atoms with Crippen LogP contribution in [-0.2, 0) is 9.53 Å². The average Bonchev–Trinajstić information content (AvgIpc) is 2.74. The smallest absolute Gasteiger partial charge is 0.337 e. The molecule has 7 heteroatoms. The topological polar surface area (TPSA) is 75.7 Å². The number of likely N-dealkylation sites (tertiary alicyclic amines) is 1. The summed E-state index contributed by atoms with van der Waals surface area (Å²) in [6.45, 7) is 2.68. The lowest BCUT2D eigenvalue weighted by molar-refractivity contribution is -0.121. The van der Waals surface area contributed by atoms with Crippen molar-refractivity contribution < 1.29 is 23.5 Å². The molecule has 0 bridgehead atoms. The predicted octanol–water partition coefficient (Wildman–Crippen LogP) is 3.41. The predicted molar refractivity (Wildman–Crippen MR) is 106 cm³/mol. The maximum atomic E-state index is 13.1. The number of hydrogen-bond acceptors (Lipinski definition) is 4. The van der Waals surface area contributed by atoms with Crippen molar-refractivity contribution in [2.45, 2.75) is 19.8 Å². The van der Waals surface area contributed by atoms with Crippen LogP contribution in [0.5, 0.6) is 0 Å². The van der Waals surface area contributed by atoms with E-state index in [9.17, 15) is 18.8 Å². The van der Waals surface area contributed by atoms with Crippen molar-refractivity contribution in [2.24, 2.45) is 5.92 Å². The van der Waals surface area contributed by atoms with Gasteiger partial charge >= 0.3 is 5.97 Å². The van der Waals surface area contributed by atoms with Gasteiger partial charge in [-0.15, -0.1) is 0 Å². The third-order valence-corrected chi connectivity index (χ3v) is 5.09. The molecule has 29 heavy (non-hydrogen) atoms. The van der Waals surface area contributed by atoms with Crippen molar-refractivity contribution in [1.82, 2.24) is 4.90 Å². The first-order valence-corrected chi connectivity index (χ1v) is 9.43. The highest BCUT2D eigenvalue weighted by Crippen LogP contribution is 2.23. The summed E-state index contributed by atoms with van der Waals surface area (Å²) in [6.07, 6.45) is 1.36. The van der Waals surface area contributed by atoms with Crippen LogP contribution in [0.4, 0.5) is 10.1 Å². The number of piperidine rings is 1. The average molecular weight is 398 g/mol. The largest absolute Gasteiger partial charge is 0.465 e. The quantitative estimate of drug-likeness (QED) is 0.801. The zero-order valence-electron chi connectivity index (χ0n) is 16.4. The number of amides is 2. The molecule has 0 aliphatic carbocycles. The van der Waals surface area contributed by atoms with Crippen LogP contribution < -0.4 is 5.32 Å². The molecule has 1 N–H and O–H groups in total. The monoisotopic (exact) mass is 398 g/mol. The van der Waals surface area contributed by atoms with Crippen LogP contribution in [0.15, 0.2) is 42.5 Å². The first kappa shape index (κ1) is 20.5. The Kier molecular flexibility index (Phi) is 6.26. The van der Waals surface area contributed by atoms with Crippen molar-refractivity contribution in [1.29, 1.82) is 0 Å². The van der Waals surface area contributed by atoms with E-state index in [4.69, 9.17) is 4.74 Å². The zero-order valence-corrected chi connectivity index (χ0v) is 16.4. The number of carbonyl (C=O) groups is 3. The third-order valence-electron chi connectivity index (χ3n) is 5.09. The molecule has 1 saturated heterocycles. The van der Waals surface area contributed by atoms with Crippen molar-refractivity contribution in [3.63, 3.8) is 0 Å². The van der Waals surface area contributed by atoms with E-state index in [-0.39, 0.29) is 24.3 Å². The molecule has 2 aromatic carbocycles. The third kappa shape index (κ3) is 4.80. The van der Waals surface area contributed by atoms with E-state index in [1.54, 1.807) is 23.1 Å². The molecular formula is C22H23FN2O4. The molecule has 1 atom stereocenters. The lowest BCUT2D eigenvalue weighted by Crippen LogP contribution is -2.43. The minimum absolute atomic E-state index is 0.202. The summed E-state index contributed by atoms with van der Waals surface area (Å²) in [4.78, 5) is 38.8. The first-order valence-electron chi connectivity index (χ1n) is 9.43. The summed E-state index contributed by atoms with van der Waals surface area (Å²) in [5.74, 6) is -1.66. The number of halogens is 1. The van der Waals surface area contributed by atoms with Crippen molar-refractivity contribution in [3.05, 3.63) is 65.0 Å². The van der Waals surface area contributed by atoms with Crippen LogP contribution >= 0.6 is 0 Å². The fourth-order valence-electron chi connectivity index (χ4n) is 3.39. The molecule has 0 radical (unpaired) electrons. The fraction of sp³-hybridized carbons (Fsp3) is 0.318. The van der Waals surface area contributed by atoms with Crippen LogP contribution in [0.25, 0.3) is 0 Å². The van der Waals surface area contributed by atoms with E-state index < -0.39 is 11.8 Å². The van der Waals surface area contributed by atoms with Gasteiger partial charge in [-0.05, 0) is 61.7 Å². The number of nitrogens with one attached hydrogen (secondary N) is 1. The summed E-state index contributed by atoms with van der Waals surface area (Å²) >= 11 is 0. The maximum absolute atomic E-state index is 13.1. The Morgan fingerprint density at radius 2 is 1.79 bits per heavy atom. The van der Waals surface area contributed by atoms with Crippen molar-refractivity contribution in [3.8, 4) is 0 Å². The second-order valence-electron chi connectivity index (χ2n) is 7.11. The molecule has 0 saturated carbocycles. The van der Waals surface area contributed by atoms with Crippen molar-refractivity contribution in [2.75, 3.05) is 25.5 Å². The van der Waals surface area contributed by atoms with Gasteiger partial charge in [0.15, 0.2) is 0 Å². The summed E-state index contributed by atoms with van der Waals surface area (Å²) in [7, 11) is 1.30. The standard InChI is InChI=1S/C22H23FN2O4/c1-14-5-6-16(22(28)29-2)12-19(14)24-20(26)17-4-3-11-25(13-17)21(27)15-7-9-18(23)10-8-15/h5-10,12,17H,3-4,11,13H2,1-2H3,(H,24,26)/t17-/m0/s1. The Labute approximate surface area is 168 Å². The molecule has 1 aliphatic rings. The maximum Gasteiger partial charge on any atom is 0.337 e. The fourth-order valence-corrected chi connectivity index (χ4v) is 3.39. The van der Waals surface area contributed by atoms with Gasteiger partial charge in [0.05, 0.1) is 18.6 Å². The van der Waals surface area contributed by atoms with E-state index >= 15 is 0 Å². The van der Waals surface area contributed by atoms with Gasteiger partial charge in [-0.1, -0.05) is 6.07 Å². The van der Waals surface area contributed by atoms with Gasteiger partial charge in [-0.3, -0.25) is 9.59 Å². The molecule has 152 valence electrons. The minimum atomic E-state index is -0.478. The molecule has 0 unspecified atom stereocenters. The van der Waals surface area contributed by atoms with E-state index in [1.165, 1.54) is 31.4 Å². The van der Waals surface area contributed by atoms with Gasteiger partial charge in [0.25, 0.3) is 5.91 Å². The number of methoxy groups -OCH3 is 1. The number of carbonyl (C=O) groups excluding carboxylic acids is 3. The van der Waals surface area contributed by atoms with Crippen LogP contribution in [-0.4, -0.2) is 42.9 Å². The SMILES string of the molecule is COC(=O)c1ccc(C)c(NC(=O)[C@H]2CCCN(C(=O)c3ccc(F)cc3)C2)c1. The van der Waals surface area contributed by atoms with E-state index in [0.717, 1.165) is 5.56 Å². The van der Waals surface area contributed by atoms with Gasteiger partial charge in [0.1, 0.15) is 5.82 Å². The molecule has 0 spiro atoms. The Bertz CT molecular complexity index is 927. The van der Waals surface area contributed by atoms with Gasteiger partial charge < -0.3 is 15.0 Å². The number of nitrogens with zero attached hydrogens (tertiary/aromatic N) is 1. The van der Waals surface area contributed by atoms with Crippen LogP contribution in [0.3, 0.4) is 0 Å². The normalized spacial score (nSPS) is 16.2. The number of ether oxygens (including phenoxy) is 1. The van der Waals surface area contributed by atoms with Gasteiger partial charge in [-0.25, -0.2) is 9.18 Å². The minimum Gasteiger partial charge on any atom is -0.465 e. The number of benzene rings is 2. The second kappa shape index (κ2) is 8.86. The van der Waals surface area contributed by atoms with E-state index in [1.807, 2.05) is 6.92 Å². The van der Waals surface area contributed by atoms with Gasteiger partial charge in [0.2, 0.25) is 5.91 Å². The zero-order chi connectivity index (χ0) is 21.0. The van der Waals surface area contributed by atoms with E-state index in [2.05, 4.69) is 5.32 Å². The molecule has 2 aromatic rings. The molecule has 1 fully saturated rings. The Morgan fingerprint density at radius 1 is 1.10 bits per heavy atom. The molecule has 3 rings (SSSR count). The molecular weight excluding hydrogens is 375 g/mol. The lowest BCUT2D eigenvalue weighted by Gasteiger charge is -2.32. The molecule has 1 heterocycles. The number of hydrogen-bond donors (Lipinski definition) is 1. The summed E-state index contributed by atoms with van der Waals surface area (Å²) in [6, 6.07) is 10.4. The van der Waals surface area contributed by atoms with E-state index in [0.29, 0.717) is 36.2 Å². The molecule has 6 nitrogen and oxygen atoms in total. The number of aryl methyl sites for hydroxylation is 1. The highest BCUT2D eigenvalue weighted by atomic mass is 19.1. The highest BCUT2D eigenvalue weighted by Gasteiger charge is 2.29. The summed E-state index contributed by atoms with van der Waals surface area (Å²) in [5.41, 5.74) is 2.11. The molecule has 2 amide bonds. The first-order chi connectivity index (χ1) is 13.9. The Hall–Kier alpha value is -3.22. The van der Waals surface area contributed by atoms with Crippen LogP contribution in [0, 0.1) is 18.7 Å². The molecule has 0 aromatic heterocycles. The summed E-state index contributed by atoms with van der Waals surface area (Å²) in [5, 5.41) is 2.87. The lowest BCUT2D eigenvalue weighted by atomic mass is 9.96. The summed E-state index contributed by atoms with van der Waals surface area (Å²) < 4.78 is 17.8. The number of anilines is 1. The Morgan fingerprint density at radius 3 is 2.48 bits per heavy atom. The van der Waals surface area contributed by atoms with Gasteiger partial charge in [-0.2, -0.15) is 0 Å². The number of rotatable bonds is 4. The van der Waals surface area contributed by atoms with Gasteiger partial charge in [0, 0.05) is 24.3 Å². The van der Waals surface area contributed by atoms with Crippen LogP contribution in [0.1, 0.15) is 39.1 Å². The highest BCUT2D eigenvalue weighted by molar-refractivity contribution is 5.98.